The first-order valence-electron chi connectivity index (χ1n) is 9.87. The van der Waals surface area contributed by atoms with Crippen molar-refractivity contribution in [2.75, 3.05) is 12.4 Å². The quantitative estimate of drug-likeness (QED) is 0.561. The van der Waals surface area contributed by atoms with E-state index in [0.717, 1.165) is 36.8 Å². The number of anilines is 1. The Labute approximate surface area is 171 Å². The highest BCUT2D eigenvalue weighted by molar-refractivity contribution is 6.00. The Balaban J connectivity index is 1.44. The zero-order valence-electron chi connectivity index (χ0n) is 16.5. The molecule has 3 aromatic heterocycles. The molecule has 1 N–H and O–H groups in total. The molecule has 4 aromatic rings. The molecule has 0 saturated carbocycles. The van der Waals surface area contributed by atoms with Gasteiger partial charge in [0.15, 0.2) is 0 Å². The number of hydrogen-bond donors (Lipinski definition) is 1. The predicted octanol–water partition coefficient (Wildman–Crippen LogP) is 3.06. The number of amides is 1. The van der Waals surface area contributed by atoms with Crippen LogP contribution in [0.5, 0.6) is 5.75 Å². The molecule has 30 heavy (non-hydrogen) atoms. The number of fused-ring (bicyclic) bond motifs is 4. The molecule has 152 valence electrons. The van der Waals surface area contributed by atoms with Gasteiger partial charge in [-0.15, -0.1) is 0 Å². The number of hydrogen-bond acceptors (Lipinski definition) is 6. The van der Waals surface area contributed by atoms with Crippen molar-refractivity contribution in [3.05, 3.63) is 58.3 Å². The van der Waals surface area contributed by atoms with Crippen LogP contribution >= 0.6 is 0 Å². The van der Waals surface area contributed by atoms with Gasteiger partial charge >= 0.3 is 0 Å². The topological polar surface area (TPSA) is 99.2 Å². The van der Waals surface area contributed by atoms with E-state index >= 15 is 0 Å². The number of nitrogens with one attached hydrogen (secondary N) is 1. The third-order valence-corrected chi connectivity index (χ3v) is 5.40. The average molecular weight is 404 g/mol. The highest BCUT2D eigenvalue weighted by atomic mass is 16.5. The van der Waals surface area contributed by atoms with Gasteiger partial charge in [-0.25, -0.2) is 9.97 Å². The molecule has 0 fully saturated rings. The summed E-state index contributed by atoms with van der Waals surface area (Å²) in [6, 6.07) is 8.99. The maximum atomic E-state index is 12.9. The lowest BCUT2D eigenvalue weighted by Gasteiger charge is -2.13. The Bertz CT molecular complexity index is 1320. The van der Waals surface area contributed by atoms with E-state index in [1.54, 1.807) is 31.4 Å². The second-order valence-electron chi connectivity index (χ2n) is 7.39. The number of carbonyl (C=O) groups is 1. The van der Waals surface area contributed by atoms with E-state index in [9.17, 15) is 9.59 Å². The minimum absolute atomic E-state index is 0.125. The summed E-state index contributed by atoms with van der Waals surface area (Å²) in [5.41, 5.74) is 3.48. The molecule has 0 bridgehead atoms. The van der Waals surface area contributed by atoms with Crippen LogP contribution in [-0.2, 0) is 24.2 Å². The lowest BCUT2D eigenvalue weighted by molar-refractivity contribution is -0.116. The molecule has 8 heteroatoms. The standard InChI is InChI=1S/C22H20N4O4/c1-29-15-8-6-14(7-9-15)24-18(27)11-26-12-23-19-16-10-13-4-2-3-5-17(13)25-21(16)30-20(19)22(26)28/h6-10,12H,2-5,11H2,1H3,(H,24,27). The Morgan fingerprint density at radius 3 is 2.83 bits per heavy atom. The number of methoxy groups -OCH3 is 1. The minimum Gasteiger partial charge on any atom is -0.497 e. The van der Waals surface area contributed by atoms with E-state index in [1.165, 1.54) is 16.5 Å². The van der Waals surface area contributed by atoms with Crippen molar-refractivity contribution in [3.63, 3.8) is 0 Å². The molecular weight excluding hydrogens is 384 g/mol. The highest BCUT2D eigenvalue weighted by Gasteiger charge is 2.19. The fourth-order valence-corrected chi connectivity index (χ4v) is 3.86. The van der Waals surface area contributed by atoms with E-state index in [1.807, 2.05) is 6.07 Å². The summed E-state index contributed by atoms with van der Waals surface area (Å²) in [6.45, 7) is -0.172. The molecule has 0 spiro atoms. The van der Waals surface area contributed by atoms with Gasteiger partial charge in [-0.3, -0.25) is 14.2 Å². The van der Waals surface area contributed by atoms with Crippen LogP contribution in [0, 0.1) is 0 Å². The zero-order valence-corrected chi connectivity index (χ0v) is 16.5. The monoisotopic (exact) mass is 404 g/mol. The van der Waals surface area contributed by atoms with Crippen molar-refractivity contribution in [3.8, 4) is 5.75 Å². The molecule has 0 aliphatic heterocycles. The molecule has 8 nitrogen and oxygen atoms in total. The summed E-state index contributed by atoms with van der Waals surface area (Å²) < 4.78 is 12.1. The average Bonchev–Trinajstić information content (AvgIpc) is 3.13. The normalized spacial score (nSPS) is 13.4. The van der Waals surface area contributed by atoms with Crippen LogP contribution < -0.4 is 15.6 Å². The molecule has 0 saturated heterocycles. The van der Waals surface area contributed by atoms with Crippen molar-refractivity contribution < 1.29 is 13.9 Å². The van der Waals surface area contributed by atoms with Gasteiger partial charge in [0.05, 0.1) is 18.8 Å². The molecule has 0 radical (unpaired) electrons. The van der Waals surface area contributed by atoms with Crippen molar-refractivity contribution in [1.82, 2.24) is 14.5 Å². The van der Waals surface area contributed by atoms with Crippen LogP contribution in [-0.4, -0.2) is 27.6 Å². The van der Waals surface area contributed by atoms with Crippen molar-refractivity contribution in [1.29, 1.82) is 0 Å². The molecule has 0 atom stereocenters. The van der Waals surface area contributed by atoms with Crippen LogP contribution in [0.4, 0.5) is 5.69 Å². The van der Waals surface area contributed by atoms with Gasteiger partial charge in [-0.1, -0.05) is 0 Å². The first-order chi connectivity index (χ1) is 14.6. The van der Waals surface area contributed by atoms with Crippen LogP contribution in [0.2, 0.25) is 0 Å². The van der Waals surface area contributed by atoms with E-state index in [4.69, 9.17) is 9.15 Å². The van der Waals surface area contributed by atoms with Crippen molar-refractivity contribution >= 4 is 33.8 Å². The summed E-state index contributed by atoms with van der Waals surface area (Å²) in [5, 5.41) is 3.50. The first kappa shape index (κ1) is 18.4. The molecule has 1 aliphatic carbocycles. The molecule has 3 heterocycles. The number of furan rings is 1. The smallest absolute Gasteiger partial charge is 0.297 e. The van der Waals surface area contributed by atoms with E-state index in [-0.39, 0.29) is 18.0 Å². The summed E-state index contributed by atoms with van der Waals surface area (Å²) in [7, 11) is 1.58. The second-order valence-corrected chi connectivity index (χ2v) is 7.39. The number of benzene rings is 1. The van der Waals surface area contributed by atoms with Gasteiger partial charge in [0.2, 0.25) is 17.2 Å². The van der Waals surface area contributed by atoms with Crippen molar-refractivity contribution in [2.24, 2.45) is 0 Å². The maximum Gasteiger partial charge on any atom is 0.297 e. The molecule has 0 unspecified atom stereocenters. The van der Waals surface area contributed by atoms with E-state index < -0.39 is 5.56 Å². The highest BCUT2D eigenvalue weighted by Crippen LogP contribution is 2.29. The van der Waals surface area contributed by atoms with Gasteiger partial charge in [0, 0.05) is 11.4 Å². The Morgan fingerprint density at radius 1 is 1.23 bits per heavy atom. The van der Waals surface area contributed by atoms with Crippen LogP contribution in [0.1, 0.15) is 24.1 Å². The molecule has 1 aliphatic rings. The number of carbonyl (C=O) groups excluding carboxylic acids is 1. The number of nitrogens with zero attached hydrogens (tertiary/aromatic N) is 3. The number of rotatable bonds is 4. The van der Waals surface area contributed by atoms with Gasteiger partial charge in [0.1, 0.15) is 17.8 Å². The van der Waals surface area contributed by atoms with Crippen molar-refractivity contribution in [2.45, 2.75) is 32.2 Å². The zero-order chi connectivity index (χ0) is 20.7. The number of aromatic nitrogens is 3. The van der Waals surface area contributed by atoms with Crippen LogP contribution in [0.3, 0.4) is 0 Å². The Kier molecular flexibility index (Phi) is 4.46. The second kappa shape index (κ2) is 7.29. The van der Waals surface area contributed by atoms with Gasteiger partial charge < -0.3 is 14.5 Å². The number of aryl methyl sites for hydroxylation is 2. The predicted molar refractivity (Wildman–Crippen MR) is 112 cm³/mol. The fourth-order valence-electron chi connectivity index (χ4n) is 3.86. The van der Waals surface area contributed by atoms with Gasteiger partial charge in [-0.05, 0) is 61.6 Å². The number of pyridine rings is 1. The Morgan fingerprint density at radius 2 is 2.03 bits per heavy atom. The van der Waals surface area contributed by atoms with E-state index in [2.05, 4.69) is 15.3 Å². The summed E-state index contributed by atoms with van der Waals surface area (Å²) in [5.74, 6) is 0.354. The largest absolute Gasteiger partial charge is 0.497 e. The SMILES string of the molecule is COc1ccc(NC(=O)Cn2cnc3c(oc4nc5c(cc43)CCCC5)c2=O)cc1. The lowest BCUT2D eigenvalue weighted by Crippen LogP contribution is -2.27. The Hall–Kier alpha value is -3.68. The molecule has 1 aromatic carbocycles. The third-order valence-electron chi connectivity index (χ3n) is 5.40. The molecule has 5 rings (SSSR count). The minimum atomic E-state index is -0.402. The first-order valence-corrected chi connectivity index (χ1v) is 9.87. The lowest BCUT2D eigenvalue weighted by atomic mass is 9.95. The van der Waals surface area contributed by atoms with Crippen LogP contribution in [0.25, 0.3) is 22.2 Å². The fraction of sp³-hybridized carbons (Fsp3) is 0.273. The van der Waals surface area contributed by atoms with Gasteiger partial charge in [-0.2, -0.15) is 0 Å². The summed E-state index contributed by atoms with van der Waals surface area (Å²) >= 11 is 0. The molecular formula is C22H20N4O4. The number of ether oxygens (including phenoxy) is 1. The van der Waals surface area contributed by atoms with Gasteiger partial charge in [0.25, 0.3) is 5.56 Å². The van der Waals surface area contributed by atoms with E-state index in [0.29, 0.717) is 22.7 Å². The maximum absolute atomic E-state index is 12.9. The third kappa shape index (κ3) is 3.20. The summed E-state index contributed by atoms with van der Waals surface area (Å²) in [4.78, 5) is 34.3. The summed E-state index contributed by atoms with van der Waals surface area (Å²) in [6.07, 6.45) is 5.53. The molecule has 1 amide bonds. The van der Waals surface area contributed by atoms with Crippen LogP contribution in [0.15, 0.2) is 45.9 Å².